The van der Waals surface area contributed by atoms with Crippen molar-refractivity contribution in [2.75, 3.05) is 32.0 Å². The number of likely N-dealkylation sites (tertiary alicyclic amines) is 2. The van der Waals surface area contributed by atoms with Gasteiger partial charge in [0.1, 0.15) is 5.82 Å². The van der Waals surface area contributed by atoms with Crippen LogP contribution in [0.4, 0.5) is 10.1 Å². The molecular formula is C26H33FN4O2. The van der Waals surface area contributed by atoms with E-state index in [1.807, 2.05) is 35.2 Å². The lowest BCUT2D eigenvalue weighted by atomic mass is 9.86. The Morgan fingerprint density at radius 2 is 1.76 bits per heavy atom. The van der Waals surface area contributed by atoms with Crippen LogP contribution in [0.2, 0.25) is 0 Å². The van der Waals surface area contributed by atoms with Crippen molar-refractivity contribution >= 4 is 17.5 Å². The van der Waals surface area contributed by atoms with E-state index in [2.05, 4.69) is 17.3 Å². The molecule has 0 unspecified atom stereocenters. The number of amides is 2. The number of hydrogen-bond acceptors (Lipinski definition) is 4. The largest absolute Gasteiger partial charge is 0.341 e. The van der Waals surface area contributed by atoms with Gasteiger partial charge in [-0.3, -0.25) is 9.59 Å². The van der Waals surface area contributed by atoms with Crippen LogP contribution in [-0.2, 0) is 16.0 Å². The highest BCUT2D eigenvalue weighted by Crippen LogP contribution is 2.33. The van der Waals surface area contributed by atoms with Crippen molar-refractivity contribution in [1.82, 2.24) is 9.80 Å². The van der Waals surface area contributed by atoms with Gasteiger partial charge in [-0.15, -0.1) is 0 Å². The first kappa shape index (κ1) is 23.4. The van der Waals surface area contributed by atoms with Gasteiger partial charge in [0.25, 0.3) is 0 Å². The smallest absolute Gasteiger partial charge is 0.239 e. The number of benzene rings is 2. The van der Waals surface area contributed by atoms with E-state index in [1.54, 1.807) is 12.1 Å². The van der Waals surface area contributed by atoms with Crippen LogP contribution in [0.25, 0.3) is 0 Å². The number of carbonyl (C=O) groups is 2. The number of nitrogens with two attached hydrogens (primary N) is 1. The minimum absolute atomic E-state index is 0.0181. The van der Waals surface area contributed by atoms with Gasteiger partial charge in [-0.05, 0) is 68.5 Å². The molecule has 0 saturated carbocycles. The Hall–Kier alpha value is -2.77. The molecule has 2 fully saturated rings. The van der Waals surface area contributed by atoms with Crippen molar-refractivity contribution in [3.63, 3.8) is 0 Å². The number of hydrogen-bond donors (Lipinski definition) is 2. The summed E-state index contributed by atoms with van der Waals surface area (Å²) in [6.45, 7) is 2.13. The van der Waals surface area contributed by atoms with E-state index in [0.29, 0.717) is 43.7 Å². The van der Waals surface area contributed by atoms with Crippen molar-refractivity contribution in [3.8, 4) is 0 Å². The molecule has 33 heavy (non-hydrogen) atoms. The molecule has 2 saturated heterocycles. The monoisotopic (exact) mass is 452 g/mol. The van der Waals surface area contributed by atoms with Gasteiger partial charge in [0.15, 0.2) is 0 Å². The Bertz CT molecular complexity index is 945. The van der Waals surface area contributed by atoms with Crippen LogP contribution in [0.3, 0.4) is 0 Å². The number of piperidine rings is 1. The minimum Gasteiger partial charge on any atom is -0.341 e. The van der Waals surface area contributed by atoms with E-state index in [0.717, 1.165) is 24.8 Å². The van der Waals surface area contributed by atoms with E-state index in [-0.39, 0.29) is 23.5 Å². The molecule has 0 aromatic heterocycles. The number of halogens is 1. The molecular weight excluding hydrogens is 419 g/mol. The second kappa shape index (κ2) is 10.4. The third-order valence-corrected chi connectivity index (χ3v) is 7.09. The van der Waals surface area contributed by atoms with Gasteiger partial charge in [-0.25, -0.2) is 4.39 Å². The van der Waals surface area contributed by atoms with E-state index >= 15 is 0 Å². The molecule has 0 aliphatic carbocycles. The van der Waals surface area contributed by atoms with Gasteiger partial charge in [0.05, 0.1) is 12.0 Å². The average molecular weight is 453 g/mol. The lowest BCUT2D eigenvalue weighted by Gasteiger charge is -2.38. The fourth-order valence-electron chi connectivity index (χ4n) is 5.24. The van der Waals surface area contributed by atoms with Gasteiger partial charge in [-0.2, -0.15) is 0 Å². The molecule has 0 bridgehead atoms. The number of nitrogens with one attached hydrogen (secondary N) is 1. The Kier molecular flexibility index (Phi) is 7.40. The van der Waals surface area contributed by atoms with Crippen LogP contribution in [-0.4, -0.2) is 60.4 Å². The van der Waals surface area contributed by atoms with Crippen LogP contribution in [0.1, 0.15) is 24.8 Å². The number of nitrogens with zero attached hydrogens (tertiary/aromatic N) is 2. The van der Waals surface area contributed by atoms with Crippen LogP contribution < -0.4 is 11.1 Å². The van der Waals surface area contributed by atoms with E-state index in [9.17, 15) is 14.0 Å². The van der Waals surface area contributed by atoms with Crippen LogP contribution in [0.5, 0.6) is 0 Å². The normalized spacial score (nSPS) is 22.8. The molecule has 2 amide bonds. The first-order valence-electron chi connectivity index (χ1n) is 11.8. The fraction of sp³-hybridized carbons (Fsp3) is 0.462. The predicted octanol–water partition coefficient (Wildman–Crippen LogP) is 2.89. The van der Waals surface area contributed by atoms with Crippen molar-refractivity contribution in [2.45, 2.75) is 37.8 Å². The molecule has 2 heterocycles. The van der Waals surface area contributed by atoms with Crippen molar-refractivity contribution < 1.29 is 14.0 Å². The van der Waals surface area contributed by atoms with Crippen molar-refractivity contribution in [3.05, 3.63) is 66.0 Å². The first-order chi connectivity index (χ1) is 15.9. The summed E-state index contributed by atoms with van der Waals surface area (Å²) in [6, 6.07) is 15.5. The summed E-state index contributed by atoms with van der Waals surface area (Å²) in [7, 11) is 2.07. The zero-order chi connectivity index (χ0) is 23.4. The maximum Gasteiger partial charge on any atom is 0.239 e. The Morgan fingerprint density at radius 1 is 1.09 bits per heavy atom. The zero-order valence-electron chi connectivity index (χ0n) is 19.1. The molecule has 0 radical (unpaired) electrons. The number of carbonyl (C=O) groups excluding carboxylic acids is 2. The second-order valence-corrected chi connectivity index (χ2v) is 9.39. The van der Waals surface area contributed by atoms with E-state index in [1.165, 1.54) is 12.1 Å². The Balaban J connectivity index is 1.26. The summed E-state index contributed by atoms with van der Waals surface area (Å²) in [6.07, 6.45) is 3.20. The molecule has 7 heteroatoms. The summed E-state index contributed by atoms with van der Waals surface area (Å²) >= 11 is 0. The molecule has 2 aliphatic rings. The van der Waals surface area contributed by atoms with Gasteiger partial charge >= 0.3 is 0 Å². The summed E-state index contributed by atoms with van der Waals surface area (Å²) in [4.78, 5) is 29.8. The van der Waals surface area contributed by atoms with Crippen molar-refractivity contribution in [2.24, 2.45) is 17.6 Å². The topological polar surface area (TPSA) is 78.7 Å². The average Bonchev–Trinajstić information content (AvgIpc) is 3.22. The predicted molar refractivity (Wildman–Crippen MR) is 127 cm³/mol. The lowest BCUT2D eigenvalue weighted by molar-refractivity contribution is -0.134. The summed E-state index contributed by atoms with van der Waals surface area (Å²) in [5.74, 6) is 0.0422. The minimum atomic E-state index is -0.516. The van der Waals surface area contributed by atoms with E-state index in [4.69, 9.17) is 5.73 Å². The third kappa shape index (κ3) is 5.78. The Labute approximate surface area is 194 Å². The highest BCUT2D eigenvalue weighted by atomic mass is 19.1. The summed E-state index contributed by atoms with van der Waals surface area (Å²) in [5, 5.41) is 2.91. The lowest BCUT2D eigenvalue weighted by Crippen LogP contribution is -2.49. The maximum atomic E-state index is 13.1. The zero-order valence-corrected chi connectivity index (χ0v) is 19.1. The van der Waals surface area contributed by atoms with E-state index < -0.39 is 6.04 Å². The van der Waals surface area contributed by atoms with Crippen LogP contribution in [0.15, 0.2) is 54.6 Å². The second-order valence-electron chi connectivity index (χ2n) is 9.39. The molecule has 2 aromatic rings. The molecule has 176 valence electrons. The number of rotatable bonds is 6. The van der Waals surface area contributed by atoms with Gasteiger partial charge in [0, 0.05) is 31.4 Å². The summed E-state index contributed by atoms with van der Waals surface area (Å²) in [5.41, 5.74) is 7.91. The molecule has 3 atom stereocenters. The van der Waals surface area contributed by atoms with Gasteiger partial charge < -0.3 is 20.9 Å². The van der Waals surface area contributed by atoms with Crippen LogP contribution >= 0.6 is 0 Å². The standard InChI is InChI=1S/C26H33FN4O2/c1-30-17-20(25(32)29-22-9-7-21(27)8-10-22)16-24(30)19-11-13-31(14-12-19)26(33)23(28)15-18-5-3-2-4-6-18/h2-10,19-20,23-24H,11-17,28H2,1H3,(H,29,32)/t20-,23-,24-/m1/s1. The molecule has 2 aliphatic heterocycles. The maximum absolute atomic E-state index is 13.1. The first-order valence-corrected chi connectivity index (χ1v) is 11.8. The highest BCUT2D eigenvalue weighted by Gasteiger charge is 2.40. The molecule has 2 aromatic carbocycles. The molecule has 6 nitrogen and oxygen atoms in total. The molecule has 4 rings (SSSR count). The van der Waals surface area contributed by atoms with Gasteiger partial charge in [0.2, 0.25) is 11.8 Å². The highest BCUT2D eigenvalue weighted by molar-refractivity contribution is 5.92. The Morgan fingerprint density at radius 3 is 2.42 bits per heavy atom. The number of anilines is 1. The molecule has 3 N–H and O–H groups in total. The molecule has 0 spiro atoms. The van der Waals surface area contributed by atoms with Crippen LogP contribution in [0, 0.1) is 17.7 Å². The van der Waals surface area contributed by atoms with Gasteiger partial charge in [-0.1, -0.05) is 30.3 Å². The van der Waals surface area contributed by atoms with Crippen molar-refractivity contribution in [1.29, 1.82) is 0 Å². The quantitative estimate of drug-likeness (QED) is 0.707. The fourth-order valence-corrected chi connectivity index (χ4v) is 5.24. The summed E-state index contributed by atoms with van der Waals surface area (Å²) < 4.78 is 13.1. The third-order valence-electron chi connectivity index (χ3n) is 7.09. The SMILES string of the molecule is CN1C[C@H](C(=O)Nc2ccc(F)cc2)C[C@@H]1C1CCN(C(=O)[C@H](N)Cc2ccccc2)CC1.